The highest BCUT2D eigenvalue weighted by Gasteiger charge is 2.14. The lowest BCUT2D eigenvalue weighted by atomic mass is 10.1. The van der Waals surface area contributed by atoms with Crippen molar-refractivity contribution in [3.05, 3.63) is 59.2 Å². The van der Waals surface area contributed by atoms with Crippen LogP contribution in [0, 0.1) is 6.92 Å². The molecule has 0 unspecified atom stereocenters. The molecule has 0 aliphatic rings. The molecular formula is C19H20N2O5. The number of ether oxygens (including phenoxy) is 2. The fourth-order valence-electron chi connectivity index (χ4n) is 2.31. The van der Waals surface area contributed by atoms with Gasteiger partial charge in [0.25, 0.3) is 0 Å². The number of hydrogen-bond donors (Lipinski definition) is 2. The van der Waals surface area contributed by atoms with Gasteiger partial charge in [-0.3, -0.25) is 4.79 Å². The number of esters is 2. The van der Waals surface area contributed by atoms with Crippen molar-refractivity contribution in [3.63, 3.8) is 0 Å². The van der Waals surface area contributed by atoms with E-state index in [1.165, 1.54) is 14.2 Å². The topological polar surface area (TPSA) is 93.7 Å². The molecule has 7 nitrogen and oxygen atoms in total. The Morgan fingerprint density at radius 2 is 1.62 bits per heavy atom. The maximum atomic E-state index is 12.2. The quantitative estimate of drug-likeness (QED) is 0.773. The number of aryl methyl sites for hydroxylation is 1. The van der Waals surface area contributed by atoms with Crippen molar-refractivity contribution >= 4 is 29.2 Å². The molecule has 0 fully saturated rings. The van der Waals surface area contributed by atoms with Gasteiger partial charge < -0.3 is 20.1 Å². The predicted octanol–water partition coefficient (Wildman–Crippen LogP) is 2.62. The summed E-state index contributed by atoms with van der Waals surface area (Å²) in [5.74, 6) is -1.33. The van der Waals surface area contributed by atoms with Crippen molar-refractivity contribution in [2.75, 3.05) is 31.4 Å². The fraction of sp³-hybridized carbons (Fsp3) is 0.211. The zero-order chi connectivity index (χ0) is 19.1. The fourth-order valence-corrected chi connectivity index (χ4v) is 2.31. The molecule has 0 aliphatic heterocycles. The summed E-state index contributed by atoms with van der Waals surface area (Å²) >= 11 is 0. The molecule has 0 heterocycles. The second-order valence-corrected chi connectivity index (χ2v) is 5.46. The molecular weight excluding hydrogens is 336 g/mol. The molecule has 0 spiro atoms. The Morgan fingerprint density at radius 3 is 2.31 bits per heavy atom. The second kappa shape index (κ2) is 8.66. The van der Waals surface area contributed by atoms with Gasteiger partial charge in [0, 0.05) is 5.69 Å². The molecule has 0 radical (unpaired) electrons. The molecule has 26 heavy (non-hydrogen) atoms. The Hall–Kier alpha value is -3.35. The minimum atomic E-state index is -0.532. The lowest BCUT2D eigenvalue weighted by molar-refractivity contribution is -0.114. The number of benzene rings is 2. The monoisotopic (exact) mass is 356 g/mol. The summed E-state index contributed by atoms with van der Waals surface area (Å²) < 4.78 is 9.39. The standard InChI is InChI=1S/C19H20N2O5/c1-12-8-9-13(18(23)25-2)10-16(12)20-11-17(22)21-15-7-5-4-6-14(15)19(24)26-3/h4-10,20H,11H2,1-3H3,(H,21,22). The van der Waals surface area contributed by atoms with Crippen LogP contribution in [-0.4, -0.2) is 38.6 Å². The molecule has 0 atom stereocenters. The van der Waals surface area contributed by atoms with E-state index in [9.17, 15) is 14.4 Å². The van der Waals surface area contributed by atoms with Gasteiger partial charge in [-0.1, -0.05) is 18.2 Å². The average Bonchev–Trinajstić information content (AvgIpc) is 2.66. The lowest BCUT2D eigenvalue weighted by Gasteiger charge is -2.12. The SMILES string of the molecule is COC(=O)c1ccc(C)c(NCC(=O)Nc2ccccc2C(=O)OC)c1. The van der Waals surface area contributed by atoms with Crippen LogP contribution in [0.5, 0.6) is 0 Å². The van der Waals surface area contributed by atoms with Gasteiger partial charge >= 0.3 is 11.9 Å². The van der Waals surface area contributed by atoms with Crippen LogP contribution in [0.15, 0.2) is 42.5 Å². The van der Waals surface area contributed by atoms with Gasteiger partial charge in [0.05, 0.1) is 37.6 Å². The average molecular weight is 356 g/mol. The lowest BCUT2D eigenvalue weighted by Crippen LogP contribution is -2.23. The number of anilines is 2. The summed E-state index contributed by atoms with van der Waals surface area (Å²) in [5, 5.41) is 5.65. The second-order valence-electron chi connectivity index (χ2n) is 5.46. The van der Waals surface area contributed by atoms with Gasteiger partial charge in [-0.25, -0.2) is 9.59 Å². The van der Waals surface area contributed by atoms with Crippen LogP contribution in [0.25, 0.3) is 0 Å². The van der Waals surface area contributed by atoms with Crippen molar-refractivity contribution in [1.29, 1.82) is 0 Å². The number of methoxy groups -OCH3 is 2. The van der Waals surface area contributed by atoms with E-state index in [2.05, 4.69) is 10.6 Å². The smallest absolute Gasteiger partial charge is 0.339 e. The highest BCUT2D eigenvalue weighted by atomic mass is 16.5. The summed E-state index contributed by atoms with van der Waals surface area (Å²) in [6, 6.07) is 11.6. The van der Waals surface area contributed by atoms with Gasteiger partial charge in [-0.05, 0) is 36.8 Å². The Labute approximate surface area is 151 Å². The van der Waals surface area contributed by atoms with Crippen LogP contribution >= 0.6 is 0 Å². The Balaban J connectivity index is 2.06. The number of carbonyl (C=O) groups excluding carboxylic acids is 3. The minimum Gasteiger partial charge on any atom is -0.465 e. The summed E-state index contributed by atoms with van der Waals surface area (Å²) in [6.07, 6.45) is 0. The number of hydrogen-bond acceptors (Lipinski definition) is 6. The van der Waals surface area contributed by atoms with Crippen molar-refractivity contribution in [1.82, 2.24) is 0 Å². The van der Waals surface area contributed by atoms with Crippen LogP contribution in [0.3, 0.4) is 0 Å². The summed E-state index contributed by atoms with van der Waals surface area (Å²) in [6.45, 7) is 1.81. The van der Waals surface area contributed by atoms with Crippen molar-refractivity contribution < 1.29 is 23.9 Å². The molecule has 0 aromatic heterocycles. The molecule has 2 aromatic carbocycles. The zero-order valence-corrected chi connectivity index (χ0v) is 14.8. The molecule has 7 heteroatoms. The van der Waals surface area contributed by atoms with Gasteiger partial charge in [0.15, 0.2) is 0 Å². The van der Waals surface area contributed by atoms with Crippen LogP contribution in [0.2, 0.25) is 0 Å². The highest BCUT2D eigenvalue weighted by Crippen LogP contribution is 2.18. The maximum Gasteiger partial charge on any atom is 0.339 e. The number of carbonyl (C=O) groups is 3. The zero-order valence-electron chi connectivity index (χ0n) is 14.8. The van der Waals surface area contributed by atoms with E-state index in [1.807, 2.05) is 6.92 Å². The molecule has 136 valence electrons. The van der Waals surface area contributed by atoms with Crippen molar-refractivity contribution in [3.8, 4) is 0 Å². The largest absolute Gasteiger partial charge is 0.465 e. The summed E-state index contributed by atoms with van der Waals surface area (Å²) in [7, 11) is 2.58. The van der Waals surface area contributed by atoms with Crippen molar-refractivity contribution in [2.45, 2.75) is 6.92 Å². The molecule has 0 saturated heterocycles. The Kier molecular flexibility index (Phi) is 6.32. The number of rotatable bonds is 6. The minimum absolute atomic E-state index is 0.0407. The van der Waals surface area contributed by atoms with E-state index in [4.69, 9.17) is 9.47 Å². The Morgan fingerprint density at radius 1 is 0.923 bits per heavy atom. The highest BCUT2D eigenvalue weighted by molar-refractivity contribution is 6.02. The summed E-state index contributed by atoms with van der Waals surface area (Å²) in [4.78, 5) is 35.6. The molecule has 0 aliphatic carbocycles. The molecule has 1 amide bonds. The molecule has 2 aromatic rings. The van der Waals surface area contributed by atoms with E-state index in [0.717, 1.165) is 5.56 Å². The molecule has 2 rings (SSSR count). The predicted molar refractivity (Wildman–Crippen MR) is 97.4 cm³/mol. The molecule has 2 N–H and O–H groups in total. The van der Waals surface area contributed by atoms with Crippen molar-refractivity contribution in [2.24, 2.45) is 0 Å². The first-order valence-corrected chi connectivity index (χ1v) is 7.86. The number of nitrogens with one attached hydrogen (secondary N) is 2. The van der Waals surface area contributed by atoms with Gasteiger partial charge in [0.1, 0.15) is 0 Å². The molecule has 0 bridgehead atoms. The van der Waals surface area contributed by atoms with Crippen LogP contribution in [0.1, 0.15) is 26.3 Å². The van der Waals surface area contributed by atoms with Gasteiger partial charge in [0.2, 0.25) is 5.91 Å². The third-order valence-electron chi connectivity index (χ3n) is 3.70. The third-order valence-corrected chi connectivity index (χ3v) is 3.70. The van der Waals surface area contributed by atoms with E-state index in [1.54, 1.807) is 42.5 Å². The van der Waals surface area contributed by atoms with Gasteiger partial charge in [-0.2, -0.15) is 0 Å². The van der Waals surface area contributed by atoms with Crippen LogP contribution < -0.4 is 10.6 Å². The normalized spacial score (nSPS) is 9.96. The maximum absolute atomic E-state index is 12.2. The van der Waals surface area contributed by atoms with Crippen LogP contribution in [0.4, 0.5) is 11.4 Å². The van der Waals surface area contributed by atoms with E-state index >= 15 is 0 Å². The first-order valence-electron chi connectivity index (χ1n) is 7.86. The van der Waals surface area contributed by atoms with E-state index in [0.29, 0.717) is 16.9 Å². The first kappa shape index (κ1) is 19.0. The Bertz CT molecular complexity index is 832. The van der Waals surface area contributed by atoms with E-state index in [-0.39, 0.29) is 18.0 Å². The van der Waals surface area contributed by atoms with E-state index < -0.39 is 11.9 Å². The van der Waals surface area contributed by atoms with Gasteiger partial charge in [-0.15, -0.1) is 0 Å². The number of para-hydroxylation sites is 1. The molecule has 0 saturated carbocycles. The number of amides is 1. The first-order chi connectivity index (χ1) is 12.5. The third kappa shape index (κ3) is 4.60. The van der Waals surface area contributed by atoms with Crippen LogP contribution in [-0.2, 0) is 14.3 Å². The summed E-state index contributed by atoms with van der Waals surface area (Å²) in [5.41, 5.74) is 2.54.